The Morgan fingerprint density at radius 3 is 2.64 bits per heavy atom. The Morgan fingerprint density at radius 1 is 1.18 bits per heavy atom. The van der Waals surface area contributed by atoms with Crippen LogP contribution in [0.25, 0.3) is 0 Å². The van der Waals surface area contributed by atoms with E-state index in [9.17, 15) is 14.4 Å². The summed E-state index contributed by atoms with van der Waals surface area (Å²) >= 11 is 0. The van der Waals surface area contributed by atoms with Crippen LogP contribution in [0.5, 0.6) is 0 Å². The molecule has 1 aromatic rings. The molecule has 0 bridgehead atoms. The van der Waals surface area contributed by atoms with Crippen LogP contribution in [0, 0.1) is 18.8 Å². The Hall–Kier alpha value is -2.41. The first-order valence-corrected chi connectivity index (χ1v) is 10.1. The number of hydrogen-bond donors (Lipinski definition) is 2. The standard InChI is InChI=1S/C21H30N4O3/c1-15-4-6-16(7-5-15)12-25-14-18(11-19(25)26)21(28)24-10-2-3-17(13-24)20(27)23-9-8-22/h4-7,17-18H,2-3,8-14,22H2,1H3,(H,23,27). The van der Waals surface area contributed by atoms with Gasteiger partial charge in [-0.15, -0.1) is 0 Å². The molecule has 152 valence electrons. The Bertz CT molecular complexity index is 719. The number of nitrogens with one attached hydrogen (secondary N) is 1. The van der Waals surface area contributed by atoms with Crippen LogP contribution < -0.4 is 11.1 Å². The Morgan fingerprint density at radius 2 is 1.93 bits per heavy atom. The molecule has 28 heavy (non-hydrogen) atoms. The van der Waals surface area contributed by atoms with Gasteiger partial charge in [0, 0.05) is 45.7 Å². The molecule has 2 unspecified atom stereocenters. The lowest BCUT2D eigenvalue weighted by atomic mass is 9.95. The first-order valence-electron chi connectivity index (χ1n) is 10.1. The maximum atomic E-state index is 13.0. The van der Waals surface area contributed by atoms with Crippen molar-refractivity contribution in [3.05, 3.63) is 35.4 Å². The second-order valence-electron chi connectivity index (χ2n) is 7.86. The van der Waals surface area contributed by atoms with E-state index in [0.717, 1.165) is 18.4 Å². The van der Waals surface area contributed by atoms with Gasteiger partial charge in [0.25, 0.3) is 0 Å². The van der Waals surface area contributed by atoms with Gasteiger partial charge in [0.2, 0.25) is 17.7 Å². The highest BCUT2D eigenvalue weighted by Gasteiger charge is 2.38. The summed E-state index contributed by atoms with van der Waals surface area (Å²) in [6.07, 6.45) is 1.84. The number of amides is 3. The van der Waals surface area contributed by atoms with E-state index in [1.165, 1.54) is 5.56 Å². The monoisotopic (exact) mass is 386 g/mol. The van der Waals surface area contributed by atoms with E-state index in [0.29, 0.717) is 39.3 Å². The average Bonchev–Trinajstić information content (AvgIpc) is 3.07. The van der Waals surface area contributed by atoms with Crippen molar-refractivity contribution in [2.24, 2.45) is 17.6 Å². The van der Waals surface area contributed by atoms with Gasteiger partial charge in [0.05, 0.1) is 11.8 Å². The summed E-state index contributed by atoms with van der Waals surface area (Å²) in [7, 11) is 0. The van der Waals surface area contributed by atoms with E-state index in [4.69, 9.17) is 5.73 Å². The summed E-state index contributed by atoms with van der Waals surface area (Å²) in [5, 5.41) is 2.81. The number of carbonyl (C=O) groups excluding carboxylic acids is 3. The highest BCUT2D eigenvalue weighted by Crippen LogP contribution is 2.25. The van der Waals surface area contributed by atoms with Crippen molar-refractivity contribution in [2.75, 3.05) is 32.7 Å². The van der Waals surface area contributed by atoms with E-state index in [1.807, 2.05) is 31.2 Å². The summed E-state index contributed by atoms with van der Waals surface area (Å²) in [5.74, 6) is -0.524. The van der Waals surface area contributed by atoms with Crippen LogP contribution in [-0.2, 0) is 20.9 Å². The van der Waals surface area contributed by atoms with Crippen LogP contribution in [0.2, 0.25) is 0 Å². The zero-order chi connectivity index (χ0) is 20.1. The van der Waals surface area contributed by atoms with Crippen molar-refractivity contribution in [1.82, 2.24) is 15.1 Å². The molecule has 0 radical (unpaired) electrons. The third-order valence-corrected chi connectivity index (χ3v) is 5.61. The number of benzene rings is 1. The summed E-state index contributed by atoms with van der Waals surface area (Å²) in [6, 6.07) is 8.10. The van der Waals surface area contributed by atoms with E-state index < -0.39 is 0 Å². The van der Waals surface area contributed by atoms with Gasteiger partial charge >= 0.3 is 0 Å². The highest BCUT2D eigenvalue weighted by molar-refractivity contribution is 5.89. The zero-order valence-corrected chi connectivity index (χ0v) is 16.5. The quantitative estimate of drug-likeness (QED) is 0.751. The van der Waals surface area contributed by atoms with Crippen LogP contribution in [0.1, 0.15) is 30.4 Å². The molecule has 2 aliphatic rings. The van der Waals surface area contributed by atoms with Crippen molar-refractivity contribution in [2.45, 2.75) is 32.7 Å². The number of nitrogens with zero attached hydrogens (tertiary/aromatic N) is 2. The van der Waals surface area contributed by atoms with Gasteiger partial charge in [-0.1, -0.05) is 29.8 Å². The molecule has 2 fully saturated rings. The minimum Gasteiger partial charge on any atom is -0.355 e. The fraction of sp³-hybridized carbons (Fsp3) is 0.571. The smallest absolute Gasteiger partial charge is 0.228 e. The number of likely N-dealkylation sites (tertiary alicyclic amines) is 2. The molecule has 7 heteroatoms. The van der Waals surface area contributed by atoms with Gasteiger partial charge in [-0.3, -0.25) is 14.4 Å². The number of rotatable bonds is 6. The maximum Gasteiger partial charge on any atom is 0.228 e. The second kappa shape index (κ2) is 9.19. The Labute approximate surface area is 166 Å². The largest absolute Gasteiger partial charge is 0.355 e. The summed E-state index contributed by atoms with van der Waals surface area (Å²) < 4.78 is 0. The minimum absolute atomic E-state index is 0.00363. The van der Waals surface area contributed by atoms with Crippen molar-refractivity contribution < 1.29 is 14.4 Å². The topological polar surface area (TPSA) is 95.7 Å². The molecule has 0 spiro atoms. The molecule has 0 aromatic heterocycles. The third-order valence-electron chi connectivity index (χ3n) is 5.61. The number of aryl methyl sites for hydroxylation is 1. The van der Waals surface area contributed by atoms with E-state index >= 15 is 0 Å². The molecule has 3 amide bonds. The number of carbonyl (C=O) groups is 3. The van der Waals surface area contributed by atoms with E-state index in [2.05, 4.69) is 5.32 Å². The van der Waals surface area contributed by atoms with Gasteiger partial charge < -0.3 is 20.9 Å². The third kappa shape index (κ3) is 4.90. The van der Waals surface area contributed by atoms with Crippen molar-refractivity contribution in [1.29, 1.82) is 0 Å². The average molecular weight is 386 g/mol. The maximum absolute atomic E-state index is 13.0. The summed E-state index contributed by atoms with van der Waals surface area (Å²) in [6.45, 7) is 4.96. The number of hydrogen-bond acceptors (Lipinski definition) is 4. The van der Waals surface area contributed by atoms with Crippen LogP contribution in [0.15, 0.2) is 24.3 Å². The van der Waals surface area contributed by atoms with Gasteiger partial charge in [0.1, 0.15) is 0 Å². The molecule has 2 saturated heterocycles. The summed E-state index contributed by atoms with van der Waals surface area (Å²) in [5.41, 5.74) is 7.69. The molecular weight excluding hydrogens is 356 g/mol. The SMILES string of the molecule is Cc1ccc(CN2CC(C(=O)N3CCCC(C(=O)NCCN)C3)CC2=O)cc1. The fourth-order valence-electron chi connectivity index (χ4n) is 3.99. The number of nitrogens with two attached hydrogens (primary N) is 1. The van der Waals surface area contributed by atoms with Crippen LogP contribution in [0.4, 0.5) is 0 Å². The lowest BCUT2D eigenvalue weighted by molar-refractivity contribution is -0.139. The molecule has 3 rings (SSSR count). The molecule has 2 aliphatic heterocycles. The predicted molar refractivity (Wildman–Crippen MR) is 106 cm³/mol. The molecule has 2 atom stereocenters. The van der Waals surface area contributed by atoms with Crippen molar-refractivity contribution in [3.63, 3.8) is 0 Å². The molecule has 1 aromatic carbocycles. The highest BCUT2D eigenvalue weighted by atomic mass is 16.2. The van der Waals surface area contributed by atoms with Gasteiger partial charge in [-0.05, 0) is 25.3 Å². The van der Waals surface area contributed by atoms with E-state index in [-0.39, 0.29) is 36.0 Å². The minimum atomic E-state index is -0.316. The first-order chi connectivity index (χ1) is 13.5. The lowest BCUT2D eigenvalue weighted by Gasteiger charge is -2.33. The van der Waals surface area contributed by atoms with Crippen molar-refractivity contribution in [3.8, 4) is 0 Å². The van der Waals surface area contributed by atoms with Gasteiger partial charge in [0.15, 0.2) is 0 Å². The molecule has 2 heterocycles. The van der Waals surface area contributed by atoms with E-state index in [1.54, 1.807) is 9.80 Å². The molecule has 7 nitrogen and oxygen atoms in total. The van der Waals surface area contributed by atoms with Crippen molar-refractivity contribution >= 4 is 17.7 Å². The van der Waals surface area contributed by atoms with Crippen LogP contribution in [0.3, 0.4) is 0 Å². The normalized spacial score (nSPS) is 22.4. The van der Waals surface area contributed by atoms with Crippen LogP contribution >= 0.6 is 0 Å². The molecule has 0 aliphatic carbocycles. The van der Waals surface area contributed by atoms with Gasteiger partial charge in [-0.25, -0.2) is 0 Å². The number of piperidine rings is 1. The summed E-state index contributed by atoms with van der Waals surface area (Å²) in [4.78, 5) is 41.1. The molecule has 0 saturated carbocycles. The Kier molecular flexibility index (Phi) is 6.67. The fourth-order valence-corrected chi connectivity index (χ4v) is 3.99. The second-order valence-corrected chi connectivity index (χ2v) is 7.86. The molecular formula is C21H30N4O3. The predicted octanol–water partition coefficient (Wildman–Crippen LogP) is 0.657. The Balaban J connectivity index is 1.56. The first kappa shape index (κ1) is 20.3. The molecule has 3 N–H and O–H groups in total. The lowest BCUT2D eigenvalue weighted by Crippen LogP contribution is -2.48. The van der Waals surface area contributed by atoms with Crippen LogP contribution in [-0.4, -0.2) is 60.2 Å². The zero-order valence-electron chi connectivity index (χ0n) is 16.5. The van der Waals surface area contributed by atoms with Gasteiger partial charge in [-0.2, -0.15) is 0 Å².